The van der Waals surface area contributed by atoms with Crippen LogP contribution in [-0.4, -0.2) is 14.0 Å². The quantitative estimate of drug-likeness (QED) is 0.776. The van der Waals surface area contributed by atoms with Gasteiger partial charge in [-0.15, -0.1) is 11.3 Å². The first kappa shape index (κ1) is 13.2. The maximum Gasteiger partial charge on any atom is 0.172 e. The highest BCUT2D eigenvalue weighted by atomic mass is 32.1. The van der Waals surface area contributed by atoms with Gasteiger partial charge >= 0.3 is 0 Å². The smallest absolute Gasteiger partial charge is 0.172 e. The second kappa shape index (κ2) is 4.48. The second-order valence-corrected chi connectivity index (χ2v) is 9.49. The predicted molar refractivity (Wildman–Crippen MR) is 75.9 cm³/mol. The standard InChI is InChI=1S/C13H23NOSSi/c1-12(2,3)13(10-6-7-10,15-17(4)5)11-14-8-9-16-11/h8-10,17H,6-7H2,1-5H3. The van der Waals surface area contributed by atoms with Crippen LogP contribution in [0.1, 0.15) is 38.6 Å². The minimum atomic E-state index is -1.09. The summed E-state index contributed by atoms with van der Waals surface area (Å²) in [6, 6.07) is 0. The van der Waals surface area contributed by atoms with Gasteiger partial charge in [0.2, 0.25) is 0 Å². The molecule has 0 spiro atoms. The molecule has 0 amide bonds. The van der Waals surface area contributed by atoms with Crippen molar-refractivity contribution in [2.45, 2.75) is 52.3 Å². The first-order valence-corrected chi connectivity index (χ1v) is 10.1. The molecule has 0 bridgehead atoms. The van der Waals surface area contributed by atoms with Crippen LogP contribution in [0.25, 0.3) is 0 Å². The summed E-state index contributed by atoms with van der Waals surface area (Å²) in [7, 11) is -1.09. The first-order valence-electron chi connectivity index (χ1n) is 6.45. The molecule has 1 saturated carbocycles. The van der Waals surface area contributed by atoms with Crippen LogP contribution in [0.3, 0.4) is 0 Å². The van der Waals surface area contributed by atoms with Crippen LogP contribution in [0.4, 0.5) is 0 Å². The Labute approximate surface area is 110 Å². The molecule has 0 saturated heterocycles. The van der Waals surface area contributed by atoms with E-state index in [1.807, 2.05) is 6.20 Å². The highest BCUT2D eigenvalue weighted by molar-refractivity contribution is 7.09. The second-order valence-electron chi connectivity index (χ2n) is 6.26. The van der Waals surface area contributed by atoms with E-state index in [0.717, 1.165) is 0 Å². The largest absolute Gasteiger partial charge is 0.408 e. The van der Waals surface area contributed by atoms with Crippen LogP contribution in [0.5, 0.6) is 0 Å². The third kappa shape index (κ3) is 2.35. The summed E-state index contributed by atoms with van der Waals surface area (Å²) in [6.45, 7) is 11.4. The average Bonchev–Trinajstić information content (AvgIpc) is 2.88. The van der Waals surface area contributed by atoms with E-state index in [1.165, 1.54) is 17.8 Å². The molecule has 1 aromatic heterocycles. The molecule has 0 radical (unpaired) electrons. The van der Waals surface area contributed by atoms with E-state index < -0.39 is 9.04 Å². The van der Waals surface area contributed by atoms with E-state index in [1.54, 1.807) is 11.3 Å². The van der Waals surface area contributed by atoms with Gasteiger partial charge in [0.05, 0.1) is 0 Å². The molecular formula is C13H23NOSSi. The van der Waals surface area contributed by atoms with E-state index in [2.05, 4.69) is 44.2 Å². The Morgan fingerprint density at radius 1 is 1.35 bits per heavy atom. The van der Waals surface area contributed by atoms with Crippen LogP contribution in [0.2, 0.25) is 13.1 Å². The van der Waals surface area contributed by atoms with Gasteiger partial charge in [0.25, 0.3) is 0 Å². The van der Waals surface area contributed by atoms with Gasteiger partial charge in [-0.3, -0.25) is 0 Å². The van der Waals surface area contributed by atoms with Crippen molar-refractivity contribution in [3.8, 4) is 0 Å². The average molecular weight is 269 g/mol. The fourth-order valence-corrected chi connectivity index (χ4v) is 5.25. The SMILES string of the molecule is C[SiH](C)OC(c1nccs1)(C1CC1)C(C)(C)C. The summed E-state index contributed by atoms with van der Waals surface area (Å²) in [6.07, 6.45) is 4.49. The monoisotopic (exact) mass is 269 g/mol. The summed E-state index contributed by atoms with van der Waals surface area (Å²) in [5.74, 6) is 0.670. The fourth-order valence-electron chi connectivity index (χ4n) is 2.70. The highest BCUT2D eigenvalue weighted by Gasteiger charge is 2.56. The van der Waals surface area contributed by atoms with Crippen molar-refractivity contribution in [1.82, 2.24) is 4.98 Å². The molecule has 1 atom stereocenters. The van der Waals surface area contributed by atoms with Crippen LogP contribution >= 0.6 is 11.3 Å². The molecule has 1 aliphatic rings. The zero-order valence-corrected chi connectivity index (χ0v) is 13.5. The molecular weight excluding hydrogens is 246 g/mol. The Kier molecular flexibility index (Phi) is 3.49. The molecule has 1 fully saturated rings. The van der Waals surface area contributed by atoms with E-state index in [-0.39, 0.29) is 11.0 Å². The van der Waals surface area contributed by atoms with Crippen LogP contribution in [0, 0.1) is 11.3 Å². The van der Waals surface area contributed by atoms with Crippen molar-refractivity contribution in [3.63, 3.8) is 0 Å². The van der Waals surface area contributed by atoms with E-state index >= 15 is 0 Å². The lowest BCUT2D eigenvalue weighted by molar-refractivity contribution is -0.0617. The summed E-state index contributed by atoms with van der Waals surface area (Å²) in [5, 5.41) is 3.26. The molecule has 0 N–H and O–H groups in total. The van der Waals surface area contributed by atoms with Gasteiger partial charge in [0.15, 0.2) is 9.04 Å². The number of thiazole rings is 1. The van der Waals surface area contributed by atoms with Crippen LogP contribution in [-0.2, 0) is 10.0 Å². The number of nitrogens with zero attached hydrogens (tertiary/aromatic N) is 1. The molecule has 96 valence electrons. The van der Waals surface area contributed by atoms with Gasteiger partial charge in [-0.2, -0.15) is 0 Å². The van der Waals surface area contributed by atoms with Gasteiger partial charge in [0, 0.05) is 11.6 Å². The van der Waals surface area contributed by atoms with Crippen molar-refractivity contribution in [1.29, 1.82) is 0 Å². The number of hydrogen-bond acceptors (Lipinski definition) is 3. The normalized spacial score (nSPS) is 20.6. The van der Waals surface area contributed by atoms with Gasteiger partial charge in [-0.05, 0) is 37.3 Å². The van der Waals surface area contributed by atoms with Crippen LogP contribution < -0.4 is 0 Å². The molecule has 4 heteroatoms. The Morgan fingerprint density at radius 2 is 2.00 bits per heavy atom. The summed E-state index contributed by atoms with van der Waals surface area (Å²) >= 11 is 1.75. The molecule has 0 aliphatic heterocycles. The minimum Gasteiger partial charge on any atom is -0.408 e. The topological polar surface area (TPSA) is 22.1 Å². The molecule has 0 aromatic carbocycles. The predicted octanol–water partition coefficient (Wildman–Crippen LogP) is 3.79. The van der Waals surface area contributed by atoms with Crippen LogP contribution in [0.15, 0.2) is 11.6 Å². The molecule has 1 unspecified atom stereocenters. The zero-order chi connectivity index (χ0) is 12.7. The Balaban J connectivity index is 2.46. The summed E-state index contributed by atoms with van der Waals surface area (Å²) in [5.41, 5.74) is -0.0230. The van der Waals surface area contributed by atoms with E-state index in [4.69, 9.17) is 4.43 Å². The van der Waals surface area contributed by atoms with Crippen molar-refractivity contribution in [2.24, 2.45) is 11.3 Å². The minimum absolute atomic E-state index is 0.114. The zero-order valence-electron chi connectivity index (χ0n) is 11.5. The van der Waals surface area contributed by atoms with Crippen molar-refractivity contribution in [3.05, 3.63) is 16.6 Å². The molecule has 2 nitrogen and oxygen atoms in total. The highest BCUT2D eigenvalue weighted by Crippen LogP contribution is 2.57. The summed E-state index contributed by atoms with van der Waals surface area (Å²) < 4.78 is 6.56. The lowest BCUT2D eigenvalue weighted by Gasteiger charge is -2.45. The molecule has 1 aliphatic carbocycles. The van der Waals surface area contributed by atoms with E-state index in [9.17, 15) is 0 Å². The maximum atomic E-state index is 6.56. The lowest BCUT2D eigenvalue weighted by atomic mass is 9.73. The number of aromatic nitrogens is 1. The Morgan fingerprint density at radius 3 is 2.35 bits per heavy atom. The van der Waals surface area contributed by atoms with Gasteiger partial charge in [-0.1, -0.05) is 20.8 Å². The Bertz CT molecular complexity index is 367. The summed E-state index contributed by atoms with van der Waals surface area (Å²) in [4.78, 5) is 4.59. The van der Waals surface area contributed by atoms with Gasteiger partial charge < -0.3 is 4.43 Å². The van der Waals surface area contributed by atoms with Crippen molar-refractivity contribution < 1.29 is 4.43 Å². The third-order valence-corrected chi connectivity index (χ3v) is 5.17. The number of rotatable bonds is 4. The van der Waals surface area contributed by atoms with E-state index in [0.29, 0.717) is 5.92 Å². The fraction of sp³-hybridized carbons (Fsp3) is 0.769. The lowest BCUT2D eigenvalue weighted by Crippen LogP contribution is -2.47. The third-order valence-electron chi connectivity index (χ3n) is 3.44. The maximum absolute atomic E-state index is 6.56. The molecule has 2 rings (SSSR count). The van der Waals surface area contributed by atoms with Gasteiger partial charge in [0.1, 0.15) is 10.6 Å². The first-order chi connectivity index (χ1) is 7.88. The number of hydrogen-bond donors (Lipinski definition) is 0. The van der Waals surface area contributed by atoms with Gasteiger partial charge in [-0.25, -0.2) is 4.98 Å². The Hall–Kier alpha value is -0.193. The molecule has 1 aromatic rings. The van der Waals surface area contributed by atoms with Crippen molar-refractivity contribution >= 4 is 20.4 Å². The molecule has 1 heterocycles. The molecule has 17 heavy (non-hydrogen) atoms. The van der Waals surface area contributed by atoms with Crippen molar-refractivity contribution in [2.75, 3.05) is 0 Å².